The number of benzene rings is 1. The summed E-state index contributed by atoms with van der Waals surface area (Å²) in [4.78, 5) is 12.1. The van der Waals surface area contributed by atoms with E-state index in [4.69, 9.17) is 4.74 Å². The molecule has 0 saturated carbocycles. The highest BCUT2D eigenvalue weighted by atomic mass is 16.5. The van der Waals surface area contributed by atoms with Gasteiger partial charge in [0, 0.05) is 0 Å². The number of allylic oxidation sites excluding steroid dienone is 5. The minimum atomic E-state index is -0.319. The van der Waals surface area contributed by atoms with Gasteiger partial charge in [-0.05, 0) is 54.9 Å². The summed E-state index contributed by atoms with van der Waals surface area (Å²) in [5.41, 5.74) is 4.55. The Kier molecular flexibility index (Phi) is 6.58. The van der Waals surface area contributed by atoms with Gasteiger partial charge in [-0.1, -0.05) is 68.0 Å². The summed E-state index contributed by atoms with van der Waals surface area (Å²) >= 11 is 0. The van der Waals surface area contributed by atoms with Crippen LogP contribution in [0.1, 0.15) is 45.6 Å². The molecular weight excluding hydrogens is 308 g/mol. The second-order valence-electron chi connectivity index (χ2n) is 7.15. The van der Waals surface area contributed by atoms with Crippen molar-refractivity contribution in [2.45, 2.75) is 40.0 Å². The SMILES string of the molecule is COC(=O)C(=C\C=C\c1ccccc1)/C=C/C1=C(C)CCCC1(C)C. The first-order valence-corrected chi connectivity index (χ1v) is 8.84. The van der Waals surface area contributed by atoms with Crippen LogP contribution in [0.4, 0.5) is 0 Å². The van der Waals surface area contributed by atoms with Gasteiger partial charge in [0.1, 0.15) is 0 Å². The number of methoxy groups -OCH3 is 1. The zero-order valence-corrected chi connectivity index (χ0v) is 15.7. The summed E-state index contributed by atoms with van der Waals surface area (Å²) < 4.78 is 4.93. The molecule has 0 bridgehead atoms. The minimum absolute atomic E-state index is 0.153. The van der Waals surface area contributed by atoms with Crippen molar-refractivity contribution in [2.75, 3.05) is 7.11 Å². The predicted octanol–water partition coefficient (Wildman–Crippen LogP) is 5.88. The molecule has 2 rings (SSSR count). The second-order valence-corrected chi connectivity index (χ2v) is 7.15. The third-order valence-electron chi connectivity index (χ3n) is 4.76. The highest BCUT2D eigenvalue weighted by molar-refractivity contribution is 5.92. The summed E-state index contributed by atoms with van der Waals surface area (Å²) in [6.07, 6.45) is 13.2. The van der Waals surface area contributed by atoms with Crippen LogP contribution < -0.4 is 0 Å². The molecule has 132 valence electrons. The van der Waals surface area contributed by atoms with Crippen LogP contribution in [0.25, 0.3) is 6.08 Å². The zero-order chi connectivity index (χ0) is 18.3. The Balaban J connectivity index is 2.25. The molecule has 1 aromatic rings. The average Bonchev–Trinajstić information content (AvgIpc) is 2.59. The van der Waals surface area contributed by atoms with Crippen LogP contribution in [0, 0.1) is 5.41 Å². The first-order chi connectivity index (χ1) is 11.9. The fourth-order valence-electron chi connectivity index (χ4n) is 3.32. The van der Waals surface area contributed by atoms with Crippen molar-refractivity contribution < 1.29 is 9.53 Å². The number of esters is 1. The van der Waals surface area contributed by atoms with E-state index in [1.807, 2.05) is 48.6 Å². The van der Waals surface area contributed by atoms with Crippen molar-refractivity contribution in [2.24, 2.45) is 5.41 Å². The summed E-state index contributed by atoms with van der Waals surface area (Å²) in [6.45, 7) is 6.73. The van der Waals surface area contributed by atoms with Crippen LogP contribution in [0.15, 0.2) is 71.4 Å². The Bertz CT molecular complexity index is 716. The van der Waals surface area contributed by atoms with E-state index in [2.05, 4.69) is 26.8 Å². The molecule has 0 saturated heterocycles. The molecule has 0 spiro atoms. The predicted molar refractivity (Wildman–Crippen MR) is 105 cm³/mol. The highest BCUT2D eigenvalue weighted by Crippen LogP contribution is 2.40. The minimum Gasteiger partial charge on any atom is -0.465 e. The van der Waals surface area contributed by atoms with E-state index in [0.29, 0.717) is 5.57 Å². The molecular formula is C23H28O2. The standard InChI is InChI=1S/C23H28O2/c1-18-10-9-17-23(2,3)21(18)16-15-20(22(24)25-4)14-8-13-19-11-6-5-7-12-19/h5-8,11-16H,9-10,17H2,1-4H3/b13-8+,16-15+,20-14-. The quantitative estimate of drug-likeness (QED) is 0.381. The third-order valence-corrected chi connectivity index (χ3v) is 4.76. The molecule has 0 aliphatic heterocycles. The zero-order valence-electron chi connectivity index (χ0n) is 15.7. The lowest BCUT2D eigenvalue weighted by Crippen LogP contribution is -2.19. The first-order valence-electron chi connectivity index (χ1n) is 8.84. The van der Waals surface area contributed by atoms with Gasteiger partial charge in [0.2, 0.25) is 0 Å². The molecule has 0 aromatic heterocycles. The van der Waals surface area contributed by atoms with E-state index in [-0.39, 0.29) is 11.4 Å². The van der Waals surface area contributed by atoms with Crippen LogP contribution >= 0.6 is 0 Å². The molecule has 2 heteroatoms. The molecule has 1 aromatic carbocycles. The average molecular weight is 336 g/mol. The van der Waals surface area contributed by atoms with E-state index in [1.165, 1.54) is 31.1 Å². The van der Waals surface area contributed by atoms with Crippen molar-refractivity contribution >= 4 is 12.0 Å². The number of carbonyl (C=O) groups is 1. The number of hydrogen-bond donors (Lipinski definition) is 0. The molecule has 0 unspecified atom stereocenters. The van der Waals surface area contributed by atoms with Gasteiger partial charge in [0.05, 0.1) is 12.7 Å². The van der Waals surface area contributed by atoms with Crippen molar-refractivity contribution in [3.05, 3.63) is 76.9 Å². The van der Waals surface area contributed by atoms with Gasteiger partial charge < -0.3 is 4.74 Å². The van der Waals surface area contributed by atoms with E-state index in [9.17, 15) is 4.79 Å². The first kappa shape index (κ1) is 19.0. The Morgan fingerprint density at radius 1 is 1.16 bits per heavy atom. The molecule has 0 heterocycles. The van der Waals surface area contributed by atoms with Crippen molar-refractivity contribution in [3.63, 3.8) is 0 Å². The van der Waals surface area contributed by atoms with Crippen molar-refractivity contribution in [1.29, 1.82) is 0 Å². The Hall–Kier alpha value is -2.35. The van der Waals surface area contributed by atoms with E-state index >= 15 is 0 Å². The Morgan fingerprint density at radius 3 is 2.52 bits per heavy atom. The molecule has 0 atom stereocenters. The highest BCUT2D eigenvalue weighted by Gasteiger charge is 2.26. The maximum Gasteiger partial charge on any atom is 0.337 e. The van der Waals surface area contributed by atoms with Crippen molar-refractivity contribution in [1.82, 2.24) is 0 Å². The van der Waals surface area contributed by atoms with Gasteiger partial charge in [-0.2, -0.15) is 0 Å². The van der Waals surface area contributed by atoms with Crippen LogP contribution in [0.3, 0.4) is 0 Å². The molecule has 1 aliphatic rings. The van der Waals surface area contributed by atoms with Crippen LogP contribution in [0.5, 0.6) is 0 Å². The lowest BCUT2D eigenvalue weighted by molar-refractivity contribution is -0.135. The van der Waals surface area contributed by atoms with Gasteiger partial charge in [-0.3, -0.25) is 0 Å². The molecule has 1 aliphatic carbocycles. The fourth-order valence-corrected chi connectivity index (χ4v) is 3.32. The second kappa shape index (κ2) is 8.66. The third kappa shape index (κ3) is 5.32. The van der Waals surface area contributed by atoms with Crippen LogP contribution in [-0.4, -0.2) is 13.1 Å². The molecule has 2 nitrogen and oxygen atoms in total. The van der Waals surface area contributed by atoms with Gasteiger partial charge in [-0.15, -0.1) is 0 Å². The summed E-state index contributed by atoms with van der Waals surface area (Å²) in [5.74, 6) is -0.319. The van der Waals surface area contributed by atoms with Crippen molar-refractivity contribution in [3.8, 4) is 0 Å². The van der Waals surface area contributed by atoms with Gasteiger partial charge in [0.25, 0.3) is 0 Å². The molecule has 0 radical (unpaired) electrons. The van der Waals surface area contributed by atoms with E-state index < -0.39 is 0 Å². The number of carbonyl (C=O) groups excluding carboxylic acids is 1. The summed E-state index contributed by atoms with van der Waals surface area (Å²) in [5, 5.41) is 0. The topological polar surface area (TPSA) is 26.3 Å². The van der Waals surface area contributed by atoms with Gasteiger partial charge in [0.15, 0.2) is 0 Å². The Labute approximate surface area is 151 Å². The van der Waals surface area contributed by atoms with Gasteiger partial charge in [-0.25, -0.2) is 4.79 Å². The van der Waals surface area contributed by atoms with E-state index in [0.717, 1.165) is 12.0 Å². The molecule has 0 amide bonds. The fraction of sp³-hybridized carbons (Fsp3) is 0.348. The Morgan fingerprint density at radius 2 is 1.88 bits per heavy atom. The molecule has 0 fully saturated rings. The number of rotatable bonds is 5. The maximum absolute atomic E-state index is 12.1. The molecule has 25 heavy (non-hydrogen) atoms. The maximum atomic E-state index is 12.1. The largest absolute Gasteiger partial charge is 0.465 e. The monoisotopic (exact) mass is 336 g/mol. The van der Waals surface area contributed by atoms with Crippen LogP contribution in [-0.2, 0) is 9.53 Å². The lowest BCUT2D eigenvalue weighted by Gasteiger charge is -2.32. The number of hydrogen-bond acceptors (Lipinski definition) is 2. The normalized spacial score (nSPS) is 18.2. The van der Waals surface area contributed by atoms with E-state index in [1.54, 1.807) is 6.08 Å². The smallest absolute Gasteiger partial charge is 0.337 e. The van der Waals surface area contributed by atoms with Crippen LogP contribution in [0.2, 0.25) is 0 Å². The molecule has 0 N–H and O–H groups in total. The number of ether oxygens (including phenoxy) is 1. The summed E-state index contributed by atoms with van der Waals surface area (Å²) in [6, 6.07) is 10.0. The summed E-state index contributed by atoms with van der Waals surface area (Å²) in [7, 11) is 1.42. The lowest BCUT2D eigenvalue weighted by atomic mass is 9.72. The van der Waals surface area contributed by atoms with Gasteiger partial charge >= 0.3 is 5.97 Å².